The topological polar surface area (TPSA) is 66.4 Å². The molecule has 0 aliphatic carbocycles. The van der Waals surface area contributed by atoms with E-state index in [0.29, 0.717) is 12.0 Å². The summed E-state index contributed by atoms with van der Waals surface area (Å²) in [6.07, 6.45) is 0.559. The molecule has 4 heteroatoms. The third-order valence-electron chi connectivity index (χ3n) is 2.93. The first kappa shape index (κ1) is 15.2. The number of carbonyl (C=O) groups excluding carboxylic acids is 1. The monoisotopic (exact) mass is 263 g/mol. The van der Waals surface area contributed by atoms with Gasteiger partial charge in [-0.25, -0.2) is 0 Å². The summed E-state index contributed by atoms with van der Waals surface area (Å²) in [5.74, 6) is -1.33. The second-order valence-corrected chi connectivity index (χ2v) is 5.24. The summed E-state index contributed by atoms with van der Waals surface area (Å²) in [5, 5.41) is 11.8. The van der Waals surface area contributed by atoms with Gasteiger partial charge >= 0.3 is 5.97 Å². The fourth-order valence-corrected chi connectivity index (χ4v) is 1.86. The van der Waals surface area contributed by atoms with Crippen LogP contribution in [-0.4, -0.2) is 23.5 Å². The molecule has 0 aliphatic heterocycles. The van der Waals surface area contributed by atoms with Gasteiger partial charge in [-0.2, -0.15) is 0 Å². The number of benzene rings is 1. The number of aryl methyl sites for hydroxylation is 1. The number of carbonyl (C=O) groups is 2. The van der Waals surface area contributed by atoms with Crippen molar-refractivity contribution < 1.29 is 14.7 Å². The van der Waals surface area contributed by atoms with Gasteiger partial charge in [0.15, 0.2) is 0 Å². The molecule has 0 aromatic heterocycles. The second kappa shape index (κ2) is 6.92. The molecular weight excluding hydrogens is 242 g/mol. The summed E-state index contributed by atoms with van der Waals surface area (Å²) < 4.78 is 0. The van der Waals surface area contributed by atoms with Gasteiger partial charge in [-0.15, -0.1) is 0 Å². The lowest BCUT2D eigenvalue weighted by molar-refractivity contribution is -0.142. The highest BCUT2D eigenvalue weighted by Crippen LogP contribution is 2.11. The van der Waals surface area contributed by atoms with E-state index in [1.807, 2.05) is 32.9 Å². The number of aliphatic carboxylic acids is 1. The van der Waals surface area contributed by atoms with Crippen molar-refractivity contribution in [2.24, 2.45) is 11.8 Å². The molecule has 0 spiro atoms. The quantitative estimate of drug-likeness (QED) is 0.828. The Morgan fingerprint density at radius 2 is 1.79 bits per heavy atom. The molecule has 19 heavy (non-hydrogen) atoms. The van der Waals surface area contributed by atoms with Gasteiger partial charge in [0.25, 0.3) is 5.91 Å². The maximum absolute atomic E-state index is 11.9. The number of amides is 1. The number of carboxylic acids is 1. The van der Waals surface area contributed by atoms with Crippen LogP contribution in [0.4, 0.5) is 0 Å². The number of hydrogen-bond donors (Lipinski definition) is 2. The van der Waals surface area contributed by atoms with Gasteiger partial charge in [-0.3, -0.25) is 9.59 Å². The van der Waals surface area contributed by atoms with E-state index in [-0.39, 0.29) is 18.4 Å². The minimum atomic E-state index is -0.863. The second-order valence-electron chi connectivity index (χ2n) is 5.24. The van der Waals surface area contributed by atoms with Gasteiger partial charge in [0.05, 0.1) is 5.92 Å². The third kappa shape index (κ3) is 5.12. The van der Waals surface area contributed by atoms with Crippen molar-refractivity contribution in [3.63, 3.8) is 0 Å². The zero-order valence-electron chi connectivity index (χ0n) is 11.6. The zero-order chi connectivity index (χ0) is 14.4. The van der Waals surface area contributed by atoms with Crippen molar-refractivity contribution in [2.75, 3.05) is 6.54 Å². The SMILES string of the molecule is Cc1ccc(C(=O)NCC(CC(C)C)C(=O)O)cc1. The standard InChI is InChI=1S/C15H21NO3/c1-10(2)8-13(15(18)19)9-16-14(17)12-6-4-11(3)5-7-12/h4-7,10,13H,8-9H2,1-3H3,(H,16,17)(H,18,19). The Balaban J connectivity index is 2.56. The fourth-order valence-electron chi connectivity index (χ4n) is 1.86. The summed E-state index contributed by atoms with van der Waals surface area (Å²) in [5.41, 5.74) is 1.64. The molecule has 1 unspecified atom stereocenters. The highest BCUT2D eigenvalue weighted by molar-refractivity contribution is 5.94. The summed E-state index contributed by atoms with van der Waals surface area (Å²) in [4.78, 5) is 22.9. The summed E-state index contributed by atoms with van der Waals surface area (Å²) in [7, 11) is 0. The molecule has 4 nitrogen and oxygen atoms in total. The number of rotatable bonds is 6. The largest absolute Gasteiger partial charge is 0.481 e. The van der Waals surface area contributed by atoms with E-state index in [2.05, 4.69) is 5.32 Å². The predicted molar refractivity (Wildman–Crippen MR) is 74.1 cm³/mol. The van der Waals surface area contributed by atoms with Crippen LogP contribution in [0.25, 0.3) is 0 Å². The van der Waals surface area contributed by atoms with Gasteiger partial charge in [-0.05, 0) is 31.4 Å². The van der Waals surface area contributed by atoms with Crippen molar-refractivity contribution in [1.29, 1.82) is 0 Å². The minimum absolute atomic E-state index is 0.167. The molecule has 1 aromatic carbocycles. The minimum Gasteiger partial charge on any atom is -0.481 e. The Morgan fingerprint density at radius 1 is 1.21 bits per heavy atom. The van der Waals surface area contributed by atoms with E-state index in [0.717, 1.165) is 5.56 Å². The average molecular weight is 263 g/mol. The van der Waals surface area contributed by atoms with E-state index in [1.54, 1.807) is 12.1 Å². The van der Waals surface area contributed by atoms with E-state index >= 15 is 0 Å². The molecule has 0 saturated heterocycles. The van der Waals surface area contributed by atoms with E-state index in [4.69, 9.17) is 5.11 Å². The Hall–Kier alpha value is -1.84. The molecule has 1 atom stereocenters. The lowest BCUT2D eigenvalue weighted by Crippen LogP contribution is -2.33. The Kier molecular flexibility index (Phi) is 5.55. The van der Waals surface area contributed by atoms with Gasteiger partial charge < -0.3 is 10.4 Å². The van der Waals surface area contributed by atoms with Crippen LogP contribution in [0, 0.1) is 18.8 Å². The third-order valence-corrected chi connectivity index (χ3v) is 2.93. The fraction of sp³-hybridized carbons (Fsp3) is 0.467. The first-order valence-corrected chi connectivity index (χ1v) is 6.47. The summed E-state index contributed by atoms with van der Waals surface area (Å²) in [6, 6.07) is 7.20. The average Bonchev–Trinajstić information content (AvgIpc) is 2.34. The first-order chi connectivity index (χ1) is 8.90. The Bertz CT molecular complexity index is 437. The highest BCUT2D eigenvalue weighted by atomic mass is 16.4. The molecule has 104 valence electrons. The van der Waals surface area contributed by atoms with Crippen molar-refractivity contribution in [2.45, 2.75) is 27.2 Å². The molecular formula is C15H21NO3. The lowest BCUT2D eigenvalue weighted by Gasteiger charge is -2.15. The summed E-state index contributed by atoms with van der Waals surface area (Å²) >= 11 is 0. The molecule has 0 bridgehead atoms. The van der Waals surface area contributed by atoms with Crippen LogP contribution in [0.5, 0.6) is 0 Å². The van der Waals surface area contributed by atoms with Crippen LogP contribution in [0.2, 0.25) is 0 Å². The molecule has 1 amide bonds. The van der Waals surface area contributed by atoms with E-state index in [1.165, 1.54) is 0 Å². The van der Waals surface area contributed by atoms with Crippen molar-refractivity contribution in [1.82, 2.24) is 5.32 Å². The molecule has 1 aromatic rings. The molecule has 0 heterocycles. The molecule has 2 N–H and O–H groups in total. The highest BCUT2D eigenvalue weighted by Gasteiger charge is 2.19. The van der Waals surface area contributed by atoms with Gasteiger partial charge in [0.2, 0.25) is 0 Å². The van der Waals surface area contributed by atoms with Crippen LogP contribution >= 0.6 is 0 Å². The maximum Gasteiger partial charge on any atom is 0.308 e. The van der Waals surface area contributed by atoms with Crippen LogP contribution < -0.4 is 5.32 Å². The predicted octanol–water partition coefficient (Wildman–Crippen LogP) is 2.47. The molecule has 1 rings (SSSR count). The molecule has 0 aliphatic rings. The van der Waals surface area contributed by atoms with Crippen molar-refractivity contribution >= 4 is 11.9 Å². The van der Waals surface area contributed by atoms with Crippen molar-refractivity contribution in [3.05, 3.63) is 35.4 Å². The smallest absolute Gasteiger partial charge is 0.308 e. The number of hydrogen-bond acceptors (Lipinski definition) is 2. The van der Waals surface area contributed by atoms with Crippen LogP contribution in [0.3, 0.4) is 0 Å². The molecule has 0 fully saturated rings. The lowest BCUT2D eigenvalue weighted by atomic mass is 9.97. The Labute approximate surface area is 113 Å². The normalized spacial score (nSPS) is 12.2. The van der Waals surface area contributed by atoms with Crippen molar-refractivity contribution in [3.8, 4) is 0 Å². The first-order valence-electron chi connectivity index (χ1n) is 6.47. The number of nitrogens with one attached hydrogen (secondary N) is 1. The Morgan fingerprint density at radius 3 is 2.26 bits per heavy atom. The van der Waals surface area contributed by atoms with E-state index in [9.17, 15) is 9.59 Å². The van der Waals surface area contributed by atoms with E-state index < -0.39 is 11.9 Å². The van der Waals surface area contributed by atoms with Crippen LogP contribution in [-0.2, 0) is 4.79 Å². The zero-order valence-corrected chi connectivity index (χ0v) is 11.6. The van der Waals surface area contributed by atoms with Gasteiger partial charge in [0.1, 0.15) is 0 Å². The van der Waals surface area contributed by atoms with Crippen LogP contribution in [0.1, 0.15) is 36.2 Å². The number of carboxylic acid groups (broad SMARTS) is 1. The molecule has 0 saturated carbocycles. The summed E-state index contributed by atoms with van der Waals surface area (Å²) in [6.45, 7) is 6.06. The van der Waals surface area contributed by atoms with Gasteiger partial charge in [-0.1, -0.05) is 31.5 Å². The maximum atomic E-state index is 11.9. The van der Waals surface area contributed by atoms with Crippen LogP contribution in [0.15, 0.2) is 24.3 Å². The van der Waals surface area contributed by atoms with Gasteiger partial charge in [0, 0.05) is 12.1 Å². The molecule has 0 radical (unpaired) electrons.